The second kappa shape index (κ2) is 11.1. The van der Waals surface area contributed by atoms with E-state index in [0.717, 1.165) is 38.8 Å². The van der Waals surface area contributed by atoms with E-state index in [1.807, 2.05) is 0 Å². The first-order valence-corrected chi connectivity index (χ1v) is 10.1. The molecule has 4 rings (SSSR count). The first kappa shape index (κ1) is 23.0. The van der Waals surface area contributed by atoms with Crippen LogP contribution in [0.2, 0.25) is 0 Å². The Hall–Kier alpha value is -1.27. The highest BCUT2D eigenvalue weighted by Gasteiger charge is 2.24. The average molecular weight is 427 g/mol. The van der Waals surface area contributed by atoms with Gasteiger partial charge in [0.05, 0.1) is 0 Å². The van der Waals surface area contributed by atoms with E-state index in [4.69, 9.17) is 0 Å². The Kier molecular flexibility index (Phi) is 9.09. The van der Waals surface area contributed by atoms with Gasteiger partial charge in [-0.25, -0.2) is 5.43 Å². The van der Waals surface area contributed by atoms with Crippen LogP contribution in [0.3, 0.4) is 0 Å². The molecule has 28 heavy (non-hydrogen) atoms. The number of nitrogens with one attached hydrogen (secondary N) is 4. The van der Waals surface area contributed by atoms with Crippen molar-refractivity contribution in [3.63, 3.8) is 0 Å². The number of hydrazine groups is 1. The van der Waals surface area contributed by atoms with Gasteiger partial charge in [-0.05, 0) is 75.1 Å². The van der Waals surface area contributed by atoms with Gasteiger partial charge in [0.25, 0.3) is 0 Å². The lowest BCUT2D eigenvalue weighted by Gasteiger charge is -2.29. The number of piperidine rings is 1. The molecule has 1 saturated heterocycles. The quantitative estimate of drug-likeness (QED) is 0.545. The summed E-state index contributed by atoms with van der Waals surface area (Å²) in [5, 5.41) is 4.71. The number of aromatic amines is 1. The molecule has 1 amide bonds. The molecule has 0 radical (unpaired) electrons. The zero-order valence-corrected chi connectivity index (χ0v) is 17.8. The number of rotatable bonds is 5. The average Bonchev–Trinajstić information content (AvgIpc) is 3.12. The van der Waals surface area contributed by atoms with Crippen molar-refractivity contribution in [1.82, 2.24) is 21.2 Å². The molecule has 0 atom stereocenters. The molecular weight excluding hydrogens is 395 g/mol. The van der Waals surface area contributed by atoms with E-state index in [1.54, 1.807) is 0 Å². The number of carbonyl (C=O) groups is 1. The molecule has 156 valence electrons. The van der Waals surface area contributed by atoms with Crippen LogP contribution in [-0.2, 0) is 4.79 Å². The molecule has 1 aliphatic carbocycles. The van der Waals surface area contributed by atoms with E-state index in [2.05, 4.69) is 51.6 Å². The number of fused-ring (bicyclic) bond motifs is 1. The lowest BCUT2D eigenvalue weighted by molar-refractivity contribution is -0.123. The summed E-state index contributed by atoms with van der Waals surface area (Å²) in [6, 6.07) is 8.95. The summed E-state index contributed by atoms with van der Waals surface area (Å²) in [6.07, 6.45) is 9.62. The normalized spacial score (nSPS) is 22.9. The summed E-state index contributed by atoms with van der Waals surface area (Å²) in [6.45, 7) is 2.09. The van der Waals surface area contributed by atoms with Crippen LogP contribution >= 0.6 is 24.8 Å². The number of para-hydroxylation sites is 1. The molecule has 5 nitrogen and oxygen atoms in total. The molecule has 1 aromatic heterocycles. The number of hydrogen-bond donors (Lipinski definition) is 4. The van der Waals surface area contributed by atoms with Gasteiger partial charge in [0.2, 0.25) is 5.91 Å². The Bertz CT molecular complexity index is 737. The second-order valence-electron chi connectivity index (χ2n) is 7.93. The van der Waals surface area contributed by atoms with Crippen molar-refractivity contribution in [3.8, 4) is 0 Å². The Morgan fingerprint density at radius 3 is 2.46 bits per heavy atom. The summed E-state index contributed by atoms with van der Waals surface area (Å²) in [4.78, 5) is 15.6. The number of halogens is 2. The van der Waals surface area contributed by atoms with Gasteiger partial charge >= 0.3 is 0 Å². The summed E-state index contributed by atoms with van der Waals surface area (Å²) in [7, 11) is 0. The van der Waals surface area contributed by atoms with Crippen LogP contribution in [0.25, 0.3) is 10.9 Å². The van der Waals surface area contributed by atoms with Crippen LogP contribution < -0.4 is 16.2 Å². The predicted octanol–water partition coefficient (Wildman–Crippen LogP) is 4.05. The molecule has 0 bridgehead atoms. The molecule has 2 aromatic rings. The van der Waals surface area contributed by atoms with Crippen molar-refractivity contribution in [3.05, 3.63) is 36.0 Å². The number of aromatic nitrogens is 1. The van der Waals surface area contributed by atoms with Crippen LogP contribution in [0, 0.1) is 5.92 Å². The zero-order valence-electron chi connectivity index (χ0n) is 16.2. The third kappa shape index (κ3) is 5.63. The Balaban J connectivity index is 0.00000140. The van der Waals surface area contributed by atoms with E-state index in [1.165, 1.54) is 29.3 Å². The molecule has 1 saturated carbocycles. The van der Waals surface area contributed by atoms with Crippen LogP contribution in [-0.4, -0.2) is 30.0 Å². The van der Waals surface area contributed by atoms with E-state index in [9.17, 15) is 4.79 Å². The van der Waals surface area contributed by atoms with Gasteiger partial charge in [-0.1, -0.05) is 18.2 Å². The van der Waals surface area contributed by atoms with E-state index in [0.29, 0.717) is 24.3 Å². The molecule has 2 heterocycles. The fraction of sp³-hybridized carbons (Fsp3) is 0.571. The molecule has 7 heteroatoms. The van der Waals surface area contributed by atoms with Gasteiger partial charge in [-0.15, -0.1) is 24.8 Å². The maximum atomic E-state index is 12.2. The number of amides is 1. The highest BCUT2D eigenvalue weighted by Crippen LogP contribution is 2.36. The minimum Gasteiger partial charge on any atom is -0.361 e. The summed E-state index contributed by atoms with van der Waals surface area (Å²) < 4.78 is 0. The zero-order chi connectivity index (χ0) is 17.8. The summed E-state index contributed by atoms with van der Waals surface area (Å²) in [5.41, 5.74) is 8.94. The fourth-order valence-corrected chi connectivity index (χ4v) is 4.56. The summed E-state index contributed by atoms with van der Waals surface area (Å²) in [5.74, 6) is 1.31. The van der Waals surface area contributed by atoms with E-state index >= 15 is 0 Å². The maximum Gasteiger partial charge on any atom is 0.234 e. The highest BCUT2D eigenvalue weighted by molar-refractivity contribution is 5.85. The van der Waals surface area contributed by atoms with Crippen LogP contribution in [0.4, 0.5) is 0 Å². The molecule has 0 unspecified atom stereocenters. The summed E-state index contributed by atoms with van der Waals surface area (Å²) >= 11 is 0. The van der Waals surface area contributed by atoms with Crippen LogP contribution in [0.15, 0.2) is 30.5 Å². The van der Waals surface area contributed by atoms with Crippen molar-refractivity contribution >= 4 is 41.6 Å². The van der Waals surface area contributed by atoms with Crippen molar-refractivity contribution < 1.29 is 4.79 Å². The third-order valence-electron chi connectivity index (χ3n) is 6.14. The third-order valence-corrected chi connectivity index (χ3v) is 6.14. The maximum absolute atomic E-state index is 12.2. The van der Waals surface area contributed by atoms with Gasteiger partial charge in [0.1, 0.15) is 0 Å². The molecule has 0 spiro atoms. The molecule has 2 aliphatic rings. The van der Waals surface area contributed by atoms with Crippen molar-refractivity contribution in [2.45, 2.75) is 56.9 Å². The lowest BCUT2D eigenvalue weighted by Crippen LogP contribution is -2.46. The van der Waals surface area contributed by atoms with Gasteiger partial charge in [0.15, 0.2) is 0 Å². The molecule has 2 fully saturated rings. The molecule has 1 aliphatic heterocycles. The van der Waals surface area contributed by atoms with Gasteiger partial charge in [-0.3, -0.25) is 10.2 Å². The molecular formula is C21H32Cl2N4O. The number of hydrogen-bond acceptors (Lipinski definition) is 3. The molecule has 4 N–H and O–H groups in total. The van der Waals surface area contributed by atoms with Gasteiger partial charge < -0.3 is 10.3 Å². The number of benzene rings is 1. The smallest absolute Gasteiger partial charge is 0.234 e. The first-order chi connectivity index (χ1) is 12.8. The lowest BCUT2D eigenvalue weighted by atomic mass is 9.82. The van der Waals surface area contributed by atoms with Crippen molar-refractivity contribution in [1.29, 1.82) is 0 Å². The fourth-order valence-electron chi connectivity index (χ4n) is 4.56. The Labute approximate surface area is 179 Å². The highest BCUT2D eigenvalue weighted by atomic mass is 35.5. The Morgan fingerprint density at radius 2 is 1.71 bits per heavy atom. The predicted molar refractivity (Wildman–Crippen MR) is 119 cm³/mol. The van der Waals surface area contributed by atoms with Crippen molar-refractivity contribution in [2.24, 2.45) is 5.92 Å². The number of carbonyl (C=O) groups excluding carboxylic acids is 1. The van der Waals surface area contributed by atoms with Crippen molar-refractivity contribution in [2.75, 3.05) is 13.1 Å². The van der Waals surface area contributed by atoms with Gasteiger partial charge in [0, 0.05) is 29.6 Å². The van der Waals surface area contributed by atoms with E-state index < -0.39 is 0 Å². The minimum absolute atomic E-state index is 0. The topological polar surface area (TPSA) is 69.0 Å². The first-order valence-electron chi connectivity index (χ1n) is 10.1. The minimum atomic E-state index is 0. The monoisotopic (exact) mass is 426 g/mol. The van der Waals surface area contributed by atoms with Gasteiger partial charge in [-0.2, -0.15) is 0 Å². The van der Waals surface area contributed by atoms with Crippen LogP contribution in [0.1, 0.15) is 56.4 Å². The number of H-pyrrole nitrogens is 1. The second-order valence-corrected chi connectivity index (χ2v) is 7.93. The standard InChI is InChI=1S/C21H30N4O.2ClH/c26-21(13-15-9-11-22-12-10-15)25-24-17-7-5-16(6-8-17)19-14-23-20-4-2-1-3-18(19)20;;/h1-4,14-17,22-24H,5-13H2,(H,25,26);2*1H. The molecule has 1 aromatic carbocycles. The van der Waals surface area contributed by atoms with Crippen LogP contribution in [0.5, 0.6) is 0 Å². The Morgan fingerprint density at radius 1 is 1.00 bits per heavy atom. The SMILES string of the molecule is Cl.Cl.O=C(CC1CCNCC1)NNC1CCC(c2c[nH]c3ccccc23)CC1. The van der Waals surface area contributed by atoms with E-state index in [-0.39, 0.29) is 30.7 Å². The largest absolute Gasteiger partial charge is 0.361 e.